The molecular weight excluding hydrogens is 242 g/mol. The topological polar surface area (TPSA) is 12.0 Å². The van der Waals surface area contributed by atoms with E-state index in [4.69, 9.17) is 0 Å². The summed E-state index contributed by atoms with van der Waals surface area (Å²) >= 11 is 0. The van der Waals surface area contributed by atoms with Crippen LogP contribution in [0.3, 0.4) is 0 Å². The maximum Gasteiger partial charge on any atom is -0.000822 e. The van der Waals surface area contributed by atoms with Crippen LogP contribution in [0.5, 0.6) is 0 Å². The molecule has 1 N–H and O–H groups in total. The second kappa shape index (κ2) is 9.18. The van der Waals surface area contributed by atoms with Gasteiger partial charge in [0.15, 0.2) is 0 Å². The van der Waals surface area contributed by atoms with Gasteiger partial charge in [0.1, 0.15) is 0 Å². The molecule has 0 saturated carbocycles. The van der Waals surface area contributed by atoms with Crippen LogP contribution in [0, 0.1) is 0 Å². The van der Waals surface area contributed by atoms with Gasteiger partial charge < -0.3 is 5.32 Å². The molecule has 1 aromatic rings. The zero-order chi connectivity index (χ0) is 11.8. The second-order valence-electron chi connectivity index (χ2n) is 4.84. The van der Waals surface area contributed by atoms with Crippen molar-refractivity contribution in [2.75, 3.05) is 13.1 Å². The van der Waals surface area contributed by atoms with E-state index in [1.54, 1.807) is 5.57 Å². The van der Waals surface area contributed by atoms with E-state index >= 15 is 0 Å². The molecule has 0 amide bonds. The van der Waals surface area contributed by atoms with Crippen molar-refractivity contribution in [1.29, 1.82) is 0 Å². The van der Waals surface area contributed by atoms with Crippen molar-refractivity contribution in [2.45, 2.75) is 38.5 Å². The Balaban J connectivity index is 0.00000162. The average Bonchev–Trinajstić information content (AvgIpc) is 2.41. The van der Waals surface area contributed by atoms with Crippen LogP contribution in [0.1, 0.15) is 37.7 Å². The summed E-state index contributed by atoms with van der Waals surface area (Å²) < 4.78 is 0. The standard InChI is InChI=1S/C16H23N.ClH/c1-3-7-15(8-4-1)11-13-17-14-12-16-9-5-2-6-10-16;/h1,3-4,7-9,17H,2,5-6,10-14H2;1H. The number of allylic oxidation sites excluding steroid dienone is 1. The van der Waals surface area contributed by atoms with E-state index in [0.717, 1.165) is 19.5 Å². The van der Waals surface area contributed by atoms with Crippen molar-refractivity contribution < 1.29 is 0 Å². The van der Waals surface area contributed by atoms with Gasteiger partial charge in [-0.2, -0.15) is 0 Å². The lowest BCUT2D eigenvalue weighted by molar-refractivity contribution is 0.632. The third kappa shape index (κ3) is 5.70. The summed E-state index contributed by atoms with van der Waals surface area (Å²) in [5.74, 6) is 0. The summed E-state index contributed by atoms with van der Waals surface area (Å²) in [6.07, 6.45) is 10.3. The molecule has 1 aliphatic rings. The van der Waals surface area contributed by atoms with E-state index in [1.807, 2.05) is 0 Å². The lowest BCUT2D eigenvalue weighted by Crippen LogP contribution is -2.19. The van der Waals surface area contributed by atoms with E-state index in [1.165, 1.54) is 37.7 Å². The van der Waals surface area contributed by atoms with Crippen LogP contribution in [0.4, 0.5) is 0 Å². The van der Waals surface area contributed by atoms with Gasteiger partial charge in [-0.3, -0.25) is 0 Å². The van der Waals surface area contributed by atoms with Crippen molar-refractivity contribution in [3.8, 4) is 0 Å². The lowest BCUT2D eigenvalue weighted by atomic mass is 9.97. The van der Waals surface area contributed by atoms with E-state index in [2.05, 4.69) is 41.7 Å². The van der Waals surface area contributed by atoms with Gasteiger partial charge in [0.25, 0.3) is 0 Å². The fourth-order valence-electron chi connectivity index (χ4n) is 2.38. The van der Waals surface area contributed by atoms with Crippen LogP contribution in [0.15, 0.2) is 42.0 Å². The van der Waals surface area contributed by atoms with Gasteiger partial charge >= 0.3 is 0 Å². The van der Waals surface area contributed by atoms with Gasteiger partial charge in [-0.1, -0.05) is 42.0 Å². The second-order valence-corrected chi connectivity index (χ2v) is 4.84. The molecule has 0 fully saturated rings. The summed E-state index contributed by atoms with van der Waals surface area (Å²) in [5.41, 5.74) is 3.10. The minimum Gasteiger partial charge on any atom is -0.316 e. The third-order valence-electron chi connectivity index (χ3n) is 3.44. The average molecular weight is 266 g/mol. The number of rotatable bonds is 6. The van der Waals surface area contributed by atoms with Crippen molar-refractivity contribution in [1.82, 2.24) is 5.32 Å². The minimum absolute atomic E-state index is 0. The predicted octanol–water partition coefficient (Wildman–Crippen LogP) is 4.13. The Labute approximate surface area is 117 Å². The van der Waals surface area contributed by atoms with Crippen LogP contribution < -0.4 is 5.32 Å². The van der Waals surface area contributed by atoms with E-state index in [-0.39, 0.29) is 12.4 Å². The SMILES string of the molecule is C1=C(CCNCCc2ccccc2)CCCC1.Cl. The lowest BCUT2D eigenvalue weighted by Gasteiger charge is -2.12. The normalized spacial score (nSPS) is 14.8. The molecule has 0 bridgehead atoms. The molecule has 0 saturated heterocycles. The summed E-state index contributed by atoms with van der Waals surface area (Å²) in [7, 11) is 0. The Kier molecular flexibility index (Phi) is 7.79. The number of halogens is 1. The zero-order valence-corrected chi connectivity index (χ0v) is 11.8. The largest absolute Gasteiger partial charge is 0.316 e. The van der Waals surface area contributed by atoms with E-state index in [0.29, 0.717) is 0 Å². The van der Waals surface area contributed by atoms with Crippen LogP contribution in [0.25, 0.3) is 0 Å². The van der Waals surface area contributed by atoms with Gasteiger partial charge in [0, 0.05) is 0 Å². The highest BCUT2D eigenvalue weighted by molar-refractivity contribution is 5.85. The molecule has 0 aromatic heterocycles. The van der Waals surface area contributed by atoms with Gasteiger partial charge in [0.2, 0.25) is 0 Å². The van der Waals surface area contributed by atoms with Crippen LogP contribution in [0.2, 0.25) is 0 Å². The maximum absolute atomic E-state index is 3.54. The first kappa shape index (κ1) is 15.3. The monoisotopic (exact) mass is 265 g/mol. The third-order valence-corrected chi connectivity index (χ3v) is 3.44. The fourth-order valence-corrected chi connectivity index (χ4v) is 2.38. The molecule has 0 spiro atoms. The van der Waals surface area contributed by atoms with Crippen molar-refractivity contribution in [3.05, 3.63) is 47.5 Å². The predicted molar refractivity (Wildman–Crippen MR) is 81.4 cm³/mol. The van der Waals surface area contributed by atoms with Gasteiger partial charge in [0.05, 0.1) is 0 Å². The Morgan fingerprint density at radius 2 is 1.72 bits per heavy atom. The van der Waals surface area contributed by atoms with E-state index in [9.17, 15) is 0 Å². The molecule has 1 aromatic carbocycles. The highest BCUT2D eigenvalue weighted by Crippen LogP contribution is 2.19. The molecule has 0 radical (unpaired) electrons. The fraction of sp³-hybridized carbons (Fsp3) is 0.500. The summed E-state index contributed by atoms with van der Waals surface area (Å²) in [4.78, 5) is 0. The number of hydrogen-bond donors (Lipinski definition) is 1. The van der Waals surface area contributed by atoms with Crippen LogP contribution in [-0.4, -0.2) is 13.1 Å². The van der Waals surface area contributed by atoms with Crippen molar-refractivity contribution >= 4 is 12.4 Å². The van der Waals surface area contributed by atoms with Gasteiger partial charge in [-0.15, -0.1) is 12.4 Å². The first-order valence-corrected chi connectivity index (χ1v) is 6.88. The molecule has 18 heavy (non-hydrogen) atoms. The summed E-state index contributed by atoms with van der Waals surface area (Å²) in [5, 5.41) is 3.54. The summed E-state index contributed by atoms with van der Waals surface area (Å²) in [6.45, 7) is 2.23. The first-order chi connectivity index (χ1) is 8.45. The van der Waals surface area contributed by atoms with Gasteiger partial charge in [-0.25, -0.2) is 0 Å². The van der Waals surface area contributed by atoms with Crippen LogP contribution >= 0.6 is 12.4 Å². The van der Waals surface area contributed by atoms with Crippen LogP contribution in [-0.2, 0) is 6.42 Å². The molecule has 2 rings (SSSR count). The zero-order valence-electron chi connectivity index (χ0n) is 11.0. The molecule has 2 heteroatoms. The molecule has 1 aliphatic carbocycles. The molecule has 1 nitrogen and oxygen atoms in total. The number of hydrogen-bond acceptors (Lipinski definition) is 1. The number of benzene rings is 1. The highest BCUT2D eigenvalue weighted by atomic mass is 35.5. The highest BCUT2D eigenvalue weighted by Gasteiger charge is 2.02. The Hall–Kier alpha value is -0.790. The quantitative estimate of drug-likeness (QED) is 0.602. The van der Waals surface area contributed by atoms with Gasteiger partial charge in [-0.05, 0) is 57.2 Å². The molecule has 100 valence electrons. The first-order valence-electron chi connectivity index (χ1n) is 6.88. The van der Waals surface area contributed by atoms with E-state index < -0.39 is 0 Å². The summed E-state index contributed by atoms with van der Waals surface area (Å²) in [6, 6.07) is 10.7. The Morgan fingerprint density at radius 1 is 0.944 bits per heavy atom. The Morgan fingerprint density at radius 3 is 2.44 bits per heavy atom. The number of nitrogens with one attached hydrogen (secondary N) is 1. The molecule has 0 unspecified atom stereocenters. The van der Waals surface area contributed by atoms with Crippen molar-refractivity contribution in [3.63, 3.8) is 0 Å². The molecule has 0 heterocycles. The maximum atomic E-state index is 3.54. The molecule has 0 atom stereocenters. The molecular formula is C16H24ClN. The minimum atomic E-state index is 0. The Bertz CT molecular complexity index is 345. The smallest absolute Gasteiger partial charge is 0.000822 e. The van der Waals surface area contributed by atoms with Crippen molar-refractivity contribution in [2.24, 2.45) is 0 Å². The molecule has 0 aliphatic heterocycles.